The summed E-state index contributed by atoms with van der Waals surface area (Å²) in [6.45, 7) is 8.26. The fourth-order valence-corrected chi connectivity index (χ4v) is 1.24. The second-order valence-electron chi connectivity index (χ2n) is 4.39. The van der Waals surface area contributed by atoms with Crippen molar-refractivity contribution in [3.8, 4) is 0 Å². The number of rotatable bonds is 7. The van der Waals surface area contributed by atoms with Gasteiger partial charge in [-0.2, -0.15) is 0 Å². The Morgan fingerprint density at radius 2 is 1.81 bits per heavy atom. The van der Waals surface area contributed by atoms with Gasteiger partial charge >= 0.3 is 0 Å². The fourth-order valence-electron chi connectivity index (χ4n) is 1.24. The molecule has 0 spiro atoms. The maximum atomic E-state index is 11.6. The van der Waals surface area contributed by atoms with Crippen molar-refractivity contribution in [2.75, 3.05) is 6.54 Å². The summed E-state index contributed by atoms with van der Waals surface area (Å²) < 4.78 is 0. The number of hydrogen-bond donors (Lipinski definition) is 3. The second-order valence-corrected chi connectivity index (χ2v) is 4.39. The normalized spacial score (nSPS) is 14.6. The van der Waals surface area contributed by atoms with Crippen LogP contribution in [0.15, 0.2) is 0 Å². The number of nitrogens with two attached hydrogens (primary N) is 1. The van der Waals surface area contributed by atoms with E-state index in [9.17, 15) is 9.59 Å². The SMILES string of the molecule is CCC(NC(C)C(=O)NCC(C)C)C(N)=O. The minimum Gasteiger partial charge on any atom is -0.368 e. The maximum absolute atomic E-state index is 11.6. The molecule has 2 atom stereocenters. The van der Waals surface area contributed by atoms with E-state index in [1.165, 1.54) is 0 Å². The summed E-state index contributed by atoms with van der Waals surface area (Å²) >= 11 is 0. The molecule has 0 saturated carbocycles. The van der Waals surface area contributed by atoms with Gasteiger partial charge in [-0.05, 0) is 19.3 Å². The number of carbonyl (C=O) groups is 2. The zero-order valence-electron chi connectivity index (χ0n) is 10.5. The highest BCUT2D eigenvalue weighted by Crippen LogP contribution is 1.94. The van der Waals surface area contributed by atoms with Gasteiger partial charge in [-0.25, -0.2) is 0 Å². The van der Waals surface area contributed by atoms with Crippen molar-refractivity contribution in [3.63, 3.8) is 0 Å². The van der Waals surface area contributed by atoms with Crippen LogP contribution < -0.4 is 16.4 Å². The van der Waals surface area contributed by atoms with Gasteiger partial charge in [0, 0.05) is 6.54 Å². The standard InChI is InChI=1S/C11H23N3O2/c1-5-9(10(12)15)14-8(4)11(16)13-6-7(2)3/h7-9,14H,5-6H2,1-4H3,(H2,12,15)(H,13,16). The third kappa shape index (κ3) is 5.70. The van der Waals surface area contributed by atoms with Crippen molar-refractivity contribution in [1.82, 2.24) is 10.6 Å². The van der Waals surface area contributed by atoms with E-state index >= 15 is 0 Å². The quantitative estimate of drug-likeness (QED) is 0.574. The lowest BCUT2D eigenvalue weighted by molar-refractivity contribution is -0.124. The van der Waals surface area contributed by atoms with E-state index in [2.05, 4.69) is 10.6 Å². The molecule has 4 N–H and O–H groups in total. The van der Waals surface area contributed by atoms with Crippen molar-refractivity contribution in [2.24, 2.45) is 11.7 Å². The van der Waals surface area contributed by atoms with E-state index in [4.69, 9.17) is 5.73 Å². The molecule has 0 aliphatic rings. The van der Waals surface area contributed by atoms with Crippen LogP contribution in [-0.4, -0.2) is 30.4 Å². The minimum atomic E-state index is -0.445. The number of primary amides is 1. The Bertz CT molecular complexity index is 241. The number of carbonyl (C=O) groups excluding carboxylic acids is 2. The Balaban J connectivity index is 4.08. The molecule has 5 heteroatoms. The first-order valence-corrected chi connectivity index (χ1v) is 5.71. The Labute approximate surface area is 97.2 Å². The van der Waals surface area contributed by atoms with Crippen LogP contribution in [0.3, 0.4) is 0 Å². The van der Waals surface area contributed by atoms with Crippen molar-refractivity contribution in [2.45, 2.75) is 46.2 Å². The molecule has 0 aromatic carbocycles. The predicted molar refractivity (Wildman–Crippen MR) is 63.7 cm³/mol. The molecule has 16 heavy (non-hydrogen) atoms. The van der Waals surface area contributed by atoms with Crippen molar-refractivity contribution >= 4 is 11.8 Å². The van der Waals surface area contributed by atoms with Gasteiger partial charge in [-0.3, -0.25) is 14.9 Å². The monoisotopic (exact) mass is 229 g/mol. The Kier molecular flexibility index (Phi) is 6.72. The first-order chi connectivity index (χ1) is 7.38. The molecule has 0 aliphatic carbocycles. The molecule has 0 saturated heterocycles. The van der Waals surface area contributed by atoms with Gasteiger partial charge in [0.1, 0.15) is 0 Å². The maximum Gasteiger partial charge on any atom is 0.236 e. The van der Waals surface area contributed by atoms with Crippen LogP contribution in [0.25, 0.3) is 0 Å². The molecule has 0 aromatic rings. The highest BCUT2D eigenvalue weighted by atomic mass is 16.2. The Morgan fingerprint density at radius 1 is 1.25 bits per heavy atom. The summed E-state index contributed by atoms with van der Waals surface area (Å²) in [4.78, 5) is 22.6. The molecular formula is C11H23N3O2. The highest BCUT2D eigenvalue weighted by Gasteiger charge is 2.19. The molecule has 94 valence electrons. The van der Waals surface area contributed by atoms with Crippen LogP contribution in [0.5, 0.6) is 0 Å². The molecule has 0 fully saturated rings. The van der Waals surface area contributed by atoms with Crippen LogP contribution >= 0.6 is 0 Å². The third-order valence-electron chi connectivity index (χ3n) is 2.28. The van der Waals surface area contributed by atoms with E-state index in [0.29, 0.717) is 18.9 Å². The molecule has 0 rings (SSSR count). The van der Waals surface area contributed by atoms with E-state index < -0.39 is 18.0 Å². The van der Waals surface area contributed by atoms with Gasteiger partial charge in [0.25, 0.3) is 0 Å². The molecule has 0 heterocycles. The lowest BCUT2D eigenvalue weighted by atomic mass is 10.1. The topological polar surface area (TPSA) is 84.2 Å². The molecule has 0 aliphatic heterocycles. The summed E-state index contributed by atoms with van der Waals surface area (Å²) in [5.74, 6) is -0.117. The van der Waals surface area contributed by atoms with E-state index in [1.807, 2.05) is 20.8 Å². The Hall–Kier alpha value is -1.10. The zero-order valence-corrected chi connectivity index (χ0v) is 10.5. The predicted octanol–water partition coefficient (Wildman–Crippen LogP) is 0.000600. The largest absolute Gasteiger partial charge is 0.368 e. The summed E-state index contributed by atoms with van der Waals surface area (Å²) in [7, 11) is 0. The summed E-state index contributed by atoms with van der Waals surface area (Å²) in [6.07, 6.45) is 0.580. The molecule has 0 bridgehead atoms. The second kappa shape index (κ2) is 7.22. The summed E-state index contributed by atoms with van der Waals surface area (Å²) in [5, 5.41) is 5.70. The van der Waals surface area contributed by atoms with Crippen molar-refractivity contribution in [1.29, 1.82) is 0 Å². The van der Waals surface area contributed by atoms with Crippen LogP contribution in [0.2, 0.25) is 0 Å². The third-order valence-corrected chi connectivity index (χ3v) is 2.28. The zero-order chi connectivity index (χ0) is 12.7. The average Bonchev–Trinajstić information content (AvgIpc) is 2.21. The molecular weight excluding hydrogens is 206 g/mol. The lowest BCUT2D eigenvalue weighted by Crippen LogP contribution is -2.51. The van der Waals surface area contributed by atoms with Crippen molar-refractivity contribution in [3.05, 3.63) is 0 Å². The first kappa shape index (κ1) is 14.9. The molecule has 0 aromatic heterocycles. The molecule has 5 nitrogen and oxygen atoms in total. The van der Waals surface area contributed by atoms with Crippen molar-refractivity contribution < 1.29 is 9.59 Å². The van der Waals surface area contributed by atoms with Crippen LogP contribution in [0, 0.1) is 5.92 Å². The first-order valence-electron chi connectivity index (χ1n) is 5.71. The Morgan fingerprint density at radius 3 is 2.19 bits per heavy atom. The minimum absolute atomic E-state index is 0.103. The van der Waals surface area contributed by atoms with Gasteiger partial charge < -0.3 is 11.1 Å². The van der Waals surface area contributed by atoms with Gasteiger partial charge in [-0.15, -0.1) is 0 Å². The average molecular weight is 229 g/mol. The lowest BCUT2D eigenvalue weighted by Gasteiger charge is -2.19. The van der Waals surface area contributed by atoms with Crippen LogP contribution in [-0.2, 0) is 9.59 Å². The van der Waals surface area contributed by atoms with Gasteiger partial charge in [0.15, 0.2) is 0 Å². The van der Waals surface area contributed by atoms with E-state index in [1.54, 1.807) is 6.92 Å². The number of nitrogens with one attached hydrogen (secondary N) is 2. The van der Waals surface area contributed by atoms with Crippen LogP contribution in [0.4, 0.5) is 0 Å². The van der Waals surface area contributed by atoms with Crippen LogP contribution in [0.1, 0.15) is 34.1 Å². The van der Waals surface area contributed by atoms with E-state index in [-0.39, 0.29) is 5.91 Å². The smallest absolute Gasteiger partial charge is 0.236 e. The van der Waals surface area contributed by atoms with E-state index in [0.717, 1.165) is 0 Å². The molecule has 0 radical (unpaired) electrons. The van der Waals surface area contributed by atoms with Gasteiger partial charge in [0.05, 0.1) is 12.1 Å². The number of amides is 2. The number of hydrogen-bond acceptors (Lipinski definition) is 3. The summed E-state index contributed by atoms with van der Waals surface area (Å²) in [5.41, 5.74) is 5.18. The van der Waals surface area contributed by atoms with Gasteiger partial charge in [-0.1, -0.05) is 20.8 Å². The highest BCUT2D eigenvalue weighted by molar-refractivity contribution is 5.84. The molecule has 2 amide bonds. The molecule has 2 unspecified atom stereocenters. The fraction of sp³-hybridized carbons (Fsp3) is 0.818. The summed E-state index contributed by atoms with van der Waals surface area (Å²) in [6, 6.07) is -0.851. The van der Waals surface area contributed by atoms with Gasteiger partial charge in [0.2, 0.25) is 11.8 Å².